The van der Waals surface area contributed by atoms with Crippen LogP contribution in [0.15, 0.2) is 12.3 Å². The number of fused-ring (bicyclic) bond motifs is 1. The van der Waals surface area contributed by atoms with Crippen LogP contribution in [-0.2, 0) is 0 Å². The molecule has 0 radical (unpaired) electrons. The molecule has 1 aliphatic rings. The van der Waals surface area contributed by atoms with E-state index in [0.717, 1.165) is 16.7 Å². The Labute approximate surface area is 129 Å². The molecule has 6 nitrogen and oxygen atoms in total. The highest BCUT2D eigenvalue weighted by Crippen LogP contribution is 2.23. The van der Waals surface area contributed by atoms with Crippen molar-refractivity contribution in [2.75, 3.05) is 13.1 Å². The van der Waals surface area contributed by atoms with E-state index in [2.05, 4.69) is 10.1 Å². The van der Waals surface area contributed by atoms with Gasteiger partial charge in [0.15, 0.2) is 5.65 Å². The maximum Gasteiger partial charge on any atom is 0.254 e. The summed E-state index contributed by atoms with van der Waals surface area (Å²) in [5.74, 6) is 0.00528. The molecular weight excluding hydrogens is 280 g/mol. The second-order valence-corrected chi connectivity index (χ2v) is 6.25. The molecule has 0 aliphatic carbocycles. The SMILES string of the molecule is Cc1cc(C(=O)N2CCC(O)CC2)c2cnn(C(C)C)c2n1. The van der Waals surface area contributed by atoms with Crippen molar-refractivity contribution in [3.63, 3.8) is 0 Å². The number of rotatable bonds is 2. The number of hydrogen-bond acceptors (Lipinski definition) is 4. The molecule has 0 bridgehead atoms. The summed E-state index contributed by atoms with van der Waals surface area (Å²) >= 11 is 0. The second-order valence-electron chi connectivity index (χ2n) is 6.25. The number of aryl methyl sites for hydroxylation is 1. The first kappa shape index (κ1) is 15.0. The molecule has 0 saturated carbocycles. The van der Waals surface area contributed by atoms with Gasteiger partial charge in [-0.25, -0.2) is 9.67 Å². The number of pyridine rings is 1. The van der Waals surface area contributed by atoms with Crippen LogP contribution in [0.2, 0.25) is 0 Å². The van der Waals surface area contributed by atoms with Crippen LogP contribution >= 0.6 is 0 Å². The van der Waals surface area contributed by atoms with Crippen molar-refractivity contribution in [2.24, 2.45) is 0 Å². The molecule has 0 spiro atoms. The predicted molar refractivity (Wildman–Crippen MR) is 83.8 cm³/mol. The van der Waals surface area contributed by atoms with Gasteiger partial charge in [-0.1, -0.05) is 0 Å². The Morgan fingerprint density at radius 2 is 2.05 bits per heavy atom. The minimum atomic E-state index is -0.285. The Kier molecular flexibility index (Phi) is 3.87. The zero-order valence-corrected chi connectivity index (χ0v) is 13.3. The summed E-state index contributed by atoms with van der Waals surface area (Å²) in [6.45, 7) is 7.18. The van der Waals surface area contributed by atoms with Gasteiger partial charge in [-0.3, -0.25) is 4.79 Å². The summed E-state index contributed by atoms with van der Waals surface area (Å²) in [4.78, 5) is 19.2. The van der Waals surface area contributed by atoms with Crippen LogP contribution in [0.25, 0.3) is 11.0 Å². The monoisotopic (exact) mass is 302 g/mol. The van der Waals surface area contributed by atoms with E-state index in [4.69, 9.17) is 0 Å². The third-order valence-corrected chi connectivity index (χ3v) is 4.17. The van der Waals surface area contributed by atoms with Gasteiger partial charge in [-0.05, 0) is 39.7 Å². The third kappa shape index (κ3) is 2.59. The van der Waals surface area contributed by atoms with Gasteiger partial charge >= 0.3 is 0 Å². The van der Waals surface area contributed by atoms with E-state index >= 15 is 0 Å². The lowest BCUT2D eigenvalue weighted by molar-refractivity contribution is 0.0548. The highest BCUT2D eigenvalue weighted by Gasteiger charge is 2.25. The van der Waals surface area contributed by atoms with Gasteiger partial charge in [0.25, 0.3) is 5.91 Å². The topological polar surface area (TPSA) is 71.2 Å². The number of nitrogens with zero attached hydrogens (tertiary/aromatic N) is 4. The third-order valence-electron chi connectivity index (χ3n) is 4.17. The fraction of sp³-hybridized carbons (Fsp3) is 0.562. The first-order valence-electron chi connectivity index (χ1n) is 7.79. The fourth-order valence-electron chi connectivity index (χ4n) is 2.94. The van der Waals surface area contributed by atoms with Crippen molar-refractivity contribution in [2.45, 2.75) is 45.8 Å². The Morgan fingerprint density at radius 1 is 1.36 bits per heavy atom. The van der Waals surface area contributed by atoms with Crippen LogP contribution in [0, 0.1) is 6.92 Å². The maximum atomic E-state index is 12.8. The minimum absolute atomic E-state index is 0.00528. The van der Waals surface area contributed by atoms with E-state index in [0.29, 0.717) is 31.5 Å². The molecule has 3 heterocycles. The number of aliphatic hydroxyl groups excluding tert-OH is 1. The molecule has 2 aromatic rings. The van der Waals surface area contributed by atoms with Gasteiger partial charge in [0, 0.05) is 24.8 Å². The zero-order chi connectivity index (χ0) is 15.9. The van der Waals surface area contributed by atoms with Crippen LogP contribution in [0.4, 0.5) is 0 Å². The Hall–Kier alpha value is -1.95. The van der Waals surface area contributed by atoms with Crippen molar-refractivity contribution in [3.05, 3.63) is 23.5 Å². The number of aliphatic hydroxyl groups is 1. The van der Waals surface area contributed by atoms with Gasteiger partial charge < -0.3 is 10.0 Å². The standard InChI is InChI=1S/C16H22N4O2/c1-10(2)20-15-14(9-17-20)13(8-11(3)18-15)16(22)19-6-4-12(21)5-7-19/h8-10,12,21H,4-7H2,1-3H3. The average Bonchev–Trinajstić information content (AvgIpc) is 2.90. The maximum absolute atomic E-state index is 12.8. The Balaban J connectivity index is 2.01. The molecule has 2 aromatic heterocycles. The van der Waals surface area contributed by atoms with E-state index < -0.39 is 0 Å². The molecule has 1 aliphatic heterocycles. The van der Waals surface area contributed by atoms with Crippen LogP contribution in [0.3, 0.4) is 0 Å². The van der Waals surface area contributed by atoms with E-state index in [1.54, 1.807) is 6.20 Å². The Bertz CT molecular complexity index is 699. The van der Waals surface area contributed by atoms with Crippen molar-refractivity contribution < 1.29 is 9.90 Å². The summed E-state index contributed by atoms with van der Waals surface area (Å²) in [6, 6.07) is 2.03. The van der Waals surface area contributed by atoms with Crippen LogP contribution in [0.5, 0.6) is 0 Å². The molecule has 0 aromatic carbocycles. The number of carbonyl (C=O) groups excluding carboxylic acids is 1. The van der Waals surface area contributed by atoms with Crippen LogP contribution < -0.4 is 0 Å². The lowest BCUT2D eigenvalue weighted by atomic mass is 10.1. The van der Waals surface area contributed by atoms with Crippen molar-refractivity contribution in [1.29, 1.82) is 0 Å². The van der Waals surface area contributed by atoms with E-state index in [1.807, 2.05) is 36.4 Å². The molecular formula is C16H22N4O2. The molecule has 3 rings (SSSR count). The molecule has 118 valence electrons. The summed E-state index contributed by atoms with van der Waals surface area (Å²) < 4.78 is 1.85. The summed E-state index contributed by atoms with van der Waals surface area (Å²) in [6.07, 6.45) is 2.73. The highest BCUT2D eigenvalue weighted by atomic mass is 16.3. The number of carbonyl (C=O) groups is 1. The first-order valence-corrected chi connectivity index (χ1v) is 7.79. The number of aromatic nitrogens is 3. The minimum Gasteiger partial charge on any atom is -0.393 e. The molecule has 1 amide bonds. The molecule has 0 unspecified atom stereocenters. The number of hydrogen-bond donors (Lipinski definition) is 1. The van der Waals surface area contributed by atoms with Gasteiger partial charge in [0.05, 0.1) is 23.3 Å². The first-order chi connectivity index (χ1) is 10.5. The second kappa shape index (κ2) is 5.68. The summed E-state index contributed by atoms with van der Waals surface area (Å²) in [7, 11) is 0. The van der Waals surface area contributed by atoms with E-state index in [-0.39, 0.29) is 18.1 Å². The molecule has 1 N–H and O–H groups in total. The largest absolute Gasteiger partial charge is 0.393 e. The number of likely N-dealkylation sites (tertiary alicyclic amines) is 1. The van der Waals surface area contributed by atoms with Crippen LogP contribution in [0.1, 0.15) is 48.8 Å². The summed E-state index contributed by atoms with van der Waals surface area (Å²) in [5, 5.41) is 14.8. The van der Waals surface area contributed by atoms with E-state index in [9.17, 15) is 9.90 Å². The van der Waals surface area contributed by atoms with Gasteiger partial charge in [0.2, 0.25) is 0 Å². The Morgan fingerprint density at radius 3 is 2.68 bits per heavy atom. The fourth-order valence-corrected chi connectivity index (χ4v) is 2.94. The number of piperidine rings is 1. The molecule has 0 atom stereocenters. The van der Waals surface area contributed by atoms with Crippen molar-refractivity contribution in [3.8, 4) is 0 Å². The van der Waals surface area contributed by atoms with Crippen molar-refractivity contribution in [1.82, 2.24) is 19.7 Å². The number of amides is 1. The van der Waals surface area contributed by atoms with Gasteiger partial charge in [-0.15, -0.1) is 0 Å². The lowest BCUT2D eigenvalue weighted by Gasteiger charge is -2.29. The lowest BCUT2D eigenvalue weighted by Crippen LogP contribution is -2.40. The molecule has 1 saturated heterocycles. The van der Waals surface area contributed by atoms with Gasteiger partial charge in [0.1, 0.15) is 0 Å². The van der Waals surface area contributed by atoms with Gasteiger partial charge in [-0.2, -0.15) is 5.10 Å². The van der Waals surface area contributed by atoms with Crippen LogP contribution in [-0.4, -0.2) is 49.9 Å². The smallest absolute Gasteiger partial charge is 0.254 e. The molecule has 6 heteroatoms. The molecule has 1 fully saturated rings. The normalized spacial score (nSPS) is 16.7. The van der Waals surface area contributed by atoms with Crippen molar-refractivity contribution >= 4 is 16.9 Å². The predicted octanol–water partition coefficient (Wildman–Crippen LogP) is 1.92. The van der Waals surface area contributed by atoms with E-state index in [1.165, 1.54) is 0 Å². The summed E-state index contributed by atoms with van der Waals surface area (Å²) in [5.41, 5.74) is 2.23. The molecule has 22 heavy (non-hydrogen) atoms. The highest BCUT2D eigenvalue weighted by molar-refractivity contribution is 6.05. The quantitative estimate of drug-likeness (QED) is 0.920. The zero-order valence-electron chi connectivity index (χ0n) is 13.3. The average molecular weight is 302 g/mol.